The number of anilines is 1. The zero-order valence-corrected chi connectivity index (χ0v) is 23.7. The Morgan fingerprint density at radius 3 is 1.79 bits per heavy atom. The van der Waals surface area contributed by atoms with Gasteiger partial charge in [0.1, 0.15) is 0 Å². The van der Waals surface area contributed by atoms with E-state index in [-0.39, 0.29) is 0 Å². The highest BCUT2D eigenvalue weighted by Gasteiger charge is 2.32. The smallest absolute Gasteiger partial charge is 0.197 e. The Bertz CT molecular complexity index is 984. The number of fused-ring (bicyclic) bond motifs is 1. The Morgan fingerprint density at radius 1 is 0.737 bits per heavy atom. The van der Waals surface area contributed by atoms with E-state index >= 15 is 0 Å². The summed E-state index contributed by atoms with van der Waals surface area (Å²) in [6.45, 7) is 6.20. The number of nitrogens with two attached hydrogens (primary N) is 1. The normalized spacial score (nSPS) is 17.2. The first-order valence-corrected chi connectivity index (χ1v) is 15.3. The summed E-state index contributed by atoms with van der Waals surface area (Å²) >= 11 is 0. The fourth-order valence-electron chi connectivity index (χ4n) is 5.81. The van der Waals surface area contributed by atoms with E-state index in [1.807, 2.05) is 9.36 Å². The number of nitrogen functional groups attached to an aromatic ring is 1. The summed E-state index contributed by atoms with van der Waals surface area (Å²) < 4.78 is 4.08. The van der Waals surface area contributed by atoms with Crippen LogP contribution in [0.1, 0.15) is 114 Å². The van der Waals surface area contributed by atoms with Crippen molar-refractivity contribution in [3.05, 3.63) is 35.2 Å². The third kappa shape index (κ3) is 8.67. The molecule has 0 fully saturated rings. The lowest BCUT2D eigenvalue weighted by molar-refractivity contribution is 0.224. The van der Waals surface area contributed by atoms with Crippen LogP contribution in [0, 0.1) is 11.8 Å². The van der Waals surface area contributed by atoms with Gasteiger partial charge in [-0.05, 0) is 50.4 Å². The lowest BCUT2D eigenvalue weighted by Gasteiger charge is -2.30. The molecule has 1 aliphatic rings. The summed E-state index contributed by atoms with van der Waals surface area (Å²) in [6.07, 6.45) is 23.7. The van der Waals surface area contributed by atoms with E-state index in [1.54, 1.807) is 0 Å². The molecule has 9 heteroatoms. The van der Waals surface area contributed by atoms with Gasteiger partial charge in [-0.3, -0.25) is 9.36 Å². The molecular weight excluding hydrogens is 474 g/mol. The van der Waals surface area contributed by atoms with Crippen molar-refractivity contribution in [2.45, 2.75) is 130 Å². The van der Waals surface area contributed by atoms with Gasteiger partial charge in [0, 0.05) is 31.2 Å². The fraction of sp³-hybridized carbons (Fsp3) is 0.759. The number of H-pyrrole nitrogens is 1. The first kappa shape index (κ1) is 28.3. The second-order valence-electron chi connectivity index (χ2n) is 11.4. The average molecular weight is 524 g/mol. The lowest BCUT2D eigenvalue weighted by Crippen LogP contribution is -2.32. The Morgan fingerprint density at radius 2 is 1.24 bits per heavy atom. The molecule has 3 aromatic heterocycles. The number of aromatic nitrogens is 8. The molecule has 2 atom stereocenters. The van der Waals surface area contributed by atoms with E-state index in [0.29, 0.717) is 17.8 Å². The van der Waals surface area contributed by atoms with E-state index < -0.39 is 0 Å². The van der Waals surface area contributed by atoms with Crippen LogP contribution in [0.3, 0.4) is 0 Å². The highest BCUT2D eigenvalue weighted by molar-refractivity contribution is 5.28. The Hall–Kier alpha value is -2.71. The van der Waals surface area contributed by atoms with Crippen LogP contribution < -0.4 is 5.73 Å². The molecule has 0 aliphatic heterocycles. The molecule has 0 spiro atoms. The van der Waals surface area contributed by atoms with Gasteiger partial charge in [-0.15, -0.1) is 10.2 Å². The van der Waals surface area contributed by atoms with Gasteiger partial charge in [-0.25, -0.2) is 4.98 Å². The summed E-state index contributed by atoms with van der Waals surface area (Å²) in [7, 11) is 0. The molecule has 0 saturated carbocycles. The van der Waals surface area contributed by atoms with Crippen LogP contribution in [0.2, 0.25) is 0 Å². The third-order valence-corrected chi connectivity index (χ3v) is 8.06. The van der Waals surface area contributed by atoms with Crippen molar-refractivity contribution < 1.29 is 0 Å². The summed E-state index contributed by atoms with van der Waals surface area (Å²) in [4.78, 5) is 7.85. The minimum absolute atomic E-state index is 0.389. The van der Waals surface area contributed by atoms with Crippen LogP contribution in [0.5, 0.6) is 0 Å². The molecule has 38 heavy (non-hydrogen) atoms. The third-order valence-electron chi connectivity index (χ3n) is 8.06. The van der Waals surface area contributed by atoms with E-state index in [4.69, 9.17) is 5.73 Å². The highest BCUT2D eigenvalue weighted by atomic mass is 15.4. The molecule has 3 N–H and O–H groups in total. The van der Waals surface area contributed by atoms with Crippen molar-refractivity contribution >= 4 is 5.95 Å². The molecule has 0 radical (unpaired) electrons. The second-order valence-corrected chi connectivity index (χ2v) is 11.4. The van der Waals surface area contributed by atoms with E-state index in [0.717, 1.165) is 55.9 Å². The van der Waals surface area contributed by atoms with Crippen molar-refractivity contribution in [3.8, 4) is 0 Å². The zero-order valence-electron chi connectivity index (χ0n) is 23.7. The number of imidazole rings is 1. The monoisotopic (exact) mass is 523 g/mol. The maximum absolute atomic E-state index is 6.01. The van der Waals surface area contributed by atoms with Crippen LogP contribution >= 0.6 is 0 Å². The molecule has 4 rings (SSSR count). The van der Waals surface area contributed by atoms with Gasteiger partial charge in [0.25, 0.3) is 0 Å². The van der Waals surface area contributed by atoms with Crippen molar-refractivity contribution in [2.75, 3.05) is 5.73 Å². The summed E-state index contributed by atoms with van der Waals surface area (Å²) in [5, 5.41) is 17.9. The SMILES string of the molecule is CCCCCCCCc1cn(C[C@@H]2Cc3nc(N)[nH]c3C[C@H]2Cn2cc(CCCCCCCC)nn2)nn1. The Labute approximate surface area is 228 Å². The van der Waals surface area contributed by atoms with Crippen LogP contribution in [0.4, 0.5) is 5.95 Å². The minimum Gasteiger partial charge on any atom is -0.369 e. The topological polar surface area (TPSA) is 116 Å². The summed E-state index contributed by atoms with van der Waals surface area (Å²) in [5.41, 5.74) is 10.5. The molecule has 0 aromatic carbocycles. The zero-order chi connectivity index (χ0) is 26.6. The molecular formula is C29H49N9. The number of rotatable bonds is 18. The molecule has 3 heterocycles. The minimum atomic E-state index is 0.389. The first-order chi connectivity index (χ1) is 18.6. The van der Waals surface area contributed by atoms with Crippen LogP contribution in [-0.2, 0) is 38.8 Å². The highest BCUT2D eigenvalue weighted by Crippen LogP contribution is 2.32. The van der Waals surface area contributed by atoms with Crippen LogP contribution in [0.25, 0.3) is 0 Å². The van der Waals surface area contributed by atoms with Gasteiger partial charge in [0.05, 0.1) is 17.1 Å². The maximum Gasteiger partial charge on any atom is 0.197 e. The lowest BCUT2D eigenvalue weighted by atomic mass is 9.79. The number of aromatic amines is 1. The number of hydrogen-bond acceptors (Lipinski definition) is 6. The number of aryl methyl sites for hydroxylation is 2. The molecule has 0 bridgehead atoms. The molecule has 1 aliphatic carbocycles. The van der Waals surface area contributed by atoms with Gasteiger partial charge < -0.3 is 10.7 Å². The van der Waals surface area contributed by atoms with Gasteiger partial charge in [0.2, 0.25) is 0 Å². The number of nitrogens with zero attached hydrogens (tertiary/aromatic N) is 7. The van der Waals surface area contributed by atoms with Gasteiger partial charge in [0.15, 0.2) is 5.95 Å². The van der Waals surface area contributed by atoms with Crippen LogP contribution in [-0.4, -0.2) is 40.0 Å². The molecule has 0 amide bonds. The Kier molecular flexibility index (Phi) is 11.2. The summed E-state index contributed by atoms with van der Waals surface area (Å²) in [5.74, 6) is 1.30. The predicted molar refractivity (Wildman–Crippen MR) is 152 cm³/mol. The molecule has 210 valence electrons. The van der Waals surface area contributed by atoms with Crippen LogP contribution in [0.15, 0.2) is 12.4 Å². The van der Waals surface area contributed by atoms with E-state index in [1.165, 1.54) is 82.7 Å². The maximum atomic E-state index is 6.01. The molecule has 0 unspecified atom stereocenters. The first-order valence-electron chi connectivity index (χ1n) is 15.3. The molecule has 3 aromatic rings. The number of unbranched alkanes of at least 4 members (excludes halogenated alkanes) is 10. The van der Waals surface area contributed by atoms with Crippen molar-refractivity contribution in [3.63, 3.8) is 0 Å². The standard InChI is InChI=1S/C29H49N9/c1-3-5-7-9-11-13-15-25-21-37(35-33-25)19-23-17-27-28(32-29(30)31-27)18-24(23)20-38-22-26(34-36-38)16-14-12-10-8-6-4-2/h21-24H,3-20H2,1-2H3,(H3,30,31,32)/t23-,24-/m0/s1. The van der Waals surface area contributed by atoms with Crippen molar-refractivity contribution in [1.82, 2.24) is 40.0 Å². The summed E-state index contributed by atoms with van der Waals surface area (Å²) in [6, 6.07) is 0. The molecule has 9 nitrogen and oxygen atoms in total. The van der Waals surface area contributed by atoms with E-state index in [2.05, 4.69) is 56.8 Å². The number of nitrogens with one attached hydrogen (secondary N) is 1. The largest absolute Gasteiger partial charge is 0.369 e. The van der Waals surface area contributed by atoms with Gasteiger partial charge >= 0.3 is 0 Å². The van der Waals surface area contributed by atoms with E-state index in [9.17, 15) is 0 Å². The quantitative estimate of drug-likeness (QED) is 0.206. The van der Waals surface area contributed by atoms with Crippen molar-refractivity contribution in [2.24, 2.45) is 11.8 Å². The van der Waals surface area contributed by atoms with Crippen molar-refractivity contribution in [1.29, 1.82) is 0 Å². The fourth-order valence-corrected chi connectivity index (χ4v) is 5.81. The Balaban J connectivity index is 1.31. The second kappa shape index (κ2) is 15.0. The predicted octanol–water partition coefficient (Wildman–Crippen LogP) is 5.71. The number of hydrogen-bond donors (Lipinski definition) is 2. The van der Waals surface area contributed by atoms with Gasteiger partial charge in [-0.1, -0.05) is 88.5 Å². The molecule has 0 saturated heterocycles. The van der Waals surface area contributed by atoms with Gasteiger partial charge in [-0.2, -0.15) is 0 Å². The average Bonchev–Trinajstić information content (AvgIpc) is 3.63.